The Labute approximate surface area is 210 Å². The van der Waals surface area contributed by atoms with Gasteiger partial charge in [0.1, 0.15) is 11.4 Å². The van der Waals surface area contributed by atoms with E-state index in [1.54, 1.807) is 39.8 Å². The fraction of sp³-hybridized carbons (Fsp3) is 0.440. The predicted octanol–water partition coefficient (Wildman–Crippen LogP) is 6.44. The summed E-state index contributed by atoms with van der Waals surface area (Å²) in [5.41, 5.74) is -0.671. The van der Waals surface area contributed by atoms with E-state index in [1.165, 1.54) is 17.0 Å². The Morgan fingerprint density at radius 2 is 1.80 bits per heavy atom. The lowest BCUT2D eigenvalue weighted by Crippen LogP contribution is -2.52. The van der Waals surface area contributed by atoms with E-state index in [0.717, 1.165) is 12.1 Å². The SMILES string of the molecule is Cc1cc([C@@H]2CN(C(=O)OC(C)(C)C)CCC2NC(=O)c2cc(Br)cc(C(F)(F)F)c2)ccc1F. The van der Waals surface area contributed by atoms with Crippen LogP contribution < -0.4 is 5.32 Å². The molecule has 1 aliphatic heterocycles. The molecule has 1 heterocycles. The zero-order valence-corrected chi connectivity index (χ0v) is 21.4. The summed E-state index contributed by atoms with van der Waals surface area (Å²) >= 11 is 3.04. The summed E-state index contributed by atoms with van der Waals surface area (Å²) in [4.78, 5) is 27.2. The van der Waals surface area contributed by atoms with Crippen molar-refractivity contribution in [1.29, 1.82) is 0 Å². The maximum absolute atomic E-state index is 13.9. The first-order chi connectivity index (χ1) is 16.1. The van der Waals surface area contributed by atoms with Crippen LogP contribution in [0.5, 0.6) is 0 Å². The molecule has 0 saturated carbocycles. The van der Waals surface area contributed by atoms with Crippen molar-refractivity contribution < 1.29 is 31.9 Å². The standard InChI is InChI=1S/C25H27BrF4N2O3/c1-14-9-15(5-6-20(14)27)19-13-32(23(34)35-24(2,3)4)8-7-21(19)31-22(33)16-10-17(25(28,29)30)12-18(26)11-16/h5-6,9-12,19,21H,7-8,13H2,1-4H3,(H,31,33)/t19-,21?/m0/s1. The van der Waals surface area contributed by atoms with Crippen LogP contribution in [0.2, 0.25) is 0 Å². The molecule has 0 aliphatic carbocycles. The van der Waals surface area contributed by atoms with Gasteiger partial charge in [-0.25, -0.2) is 9.18 Å². The molecule has 35 heavy (non-hydrogen) atoms. The number of amides is 2. The third-order valence-corrected chi connectivity index (χ3v) is 6.14. The number of carbonyl (C=O) groups is 2. The number of hydrogen-bond donors (Lipinski definition) is 1. The van der Waals surface area contributed by atoms with Gasteiger partial charge in [-0.2, -0.15) is 13.2 Å². The lowest BCUT2D eigenvalue weighted by molar-refractivity contribution is -0.137. The molecule has 1 saturated heterocycles. The number of rotatable bonds is 3. The van der Waals surface area contributed by atoms with E-state index >= 15 is 0 Å². The van der Waals surface area contributed by atoms with E-state index in [1.807, 2.05) is 0 Å². The molecular weight excluding hydrogens is 532 g/mol. The van der Waals surface area contributed by atoms with E-state index in [0.29, 0.717) is 17.5 Å². The molecule has 1 unspecified atom stereocenters. The molecule has 1 aliphatic rings. The predicted molar refractivity (Wildman–Crippen MR) is 127 cm³/mol. The zero-order valence-electron chi connectivity index (χ0n) is 19.8. The van der Waals surface area contributed by atoms with Crippen LogP contribution in [0, 0.1) is 12.7 Å². The number of aryl methyl sites for hydroxylation is 1. The van der Waals surface area contributed by atoms with E-state index in [9.17, 15) is 27.2 Å². The summed E-state index contributed by atoms with van der Waals surface area (Å²) in [6.45, 7) is 7.35. The third-order valence-electron chi connectivity index (χ3n) is 5.68. The number of halogens is 5. The molecular formula is C25H27BrF4N2O3. The van der Waals surface area contributed by atoms with Crippen LogP contribution in [0.1, 0.15) is 60.2 Å². The Bertz CT molecular complexity index is 1110. The maximum atomic E-state index is 13.9. The van der Waals surface area contributed by atoms with E-state index < -0.39 is 41.3 Å². The van der Waals surface area contributed by atoms with Crippen LogP contribution in [0.25, 0.3) is 0 Å². The van der Waals surface area contributed by atoms with Crippen molar-refractivity contribution in [3.63, 3.8) is 0 Å². The second-order valence-electron chi connectivity index (χ2n) is 9.64. The van der Waals surface area contributed by atoms with Gasteiger partial charge in [0.05, 0.1) is 5.56 Å². The van der Waals surface area contributed by atoms with Gasteiger partial charge in [0.2, 0.25) is 0 Å². The average molecular weight is 559 g/mol. The Kier molecular flexibility index (Phi) is 7.83. The Morgan fingerprint density at radius 1 is 1.11 bits per heavy atom. The maximum Gasteiger partial charge on any atom is 0.416 e. The number of alkyl halides is 3. The Morgan fingerprint density at radius 3 is 2.40 bits per heavy atom. The minimum Gasteiger partial charge on any atom is -0.444 e. The van der Waals surface area contributed by atoms with Crippen LogP contribution >= 0.6 is 15.9 Å². The van der Waals surface area contributed by atoms with Gasteiger partial charge in [-0.15, -0.1) is 0 Å². The molecule has 0 spiro atoms. The van der Waals surface area contributed by atoms with Gasteiger partial charge in [0.25, 0.3) is 5.91 Å². The topological polar surface area (TPSA) is 58.6 Å². The summed E-state index contributed by atoms with van der Waals surface area (Å²) in [7, 11) is 0. The molecule has 2 aromatic carbocycles. The molecule has 10 heteroatoms. The first kappa shape index (κ1) is 27.0. The highest BCUT2D eigenvalue weighted by molar-refractivity contribution is 9.10. The first-order valence-electron chi connectivity index (χ1n) is 11.1. The fourth-order valence-corrected chi connectivity index (χ4v) is 4.48. The zero-order chi connectivity index (χ0) is 26.1. The number of benzene rings is 2. The number of likely N-dealkylation sites (tertiary alicyclic amines) is 1. The summed E-state index contributed by atoms with van der Waals surface area (Å²) < 4.78 is 59.2. The molecule has 5 nitrogen and oxygen atoms in total. The number of hydrogen-bond acceptors (Lipinski definition) is 3. The summed E-state index contributed by atoms with van der Waals surface area (Å²) in [6, 6.07) is 7.08. The molecule has 2 aromatic rings. The lowest BCUT2D eigenvalue weighted by Gasteiger charge is -2.39. The molecule has 2 amide bonds. The van der Waals surface area contributed by atoms with Crippen molar-refractivity contribution in [3.05, 3.63) is 68.9 Å². The van der Waals surface area contributed by atoms with Gasteiger partial charge in [0, 0.05) is 35.1 Å². The highest BCUT2D eigenvalue weighted by atomic mass is 79.9. The van der Waals surface area contributed by atoms with E-state index in [-0.39, 0.29) is 28.9 Å². The summed E-state index contributed by atoms with van der Waals surface area (Å²) in [5, 5.41) is 2.83. The van der Waals surface area contributed by atoms with Crippen molar-refractivity contribution >= 4 is 27.9 Å². The van der Waals surface area contributed by atoms with E-state index in [2.05, 4.69) is 21.2 Å². The van der Waals surface area contributed by atoms with Crippen molar-refractivity contribution in [2.24, 2.45) is 0 Å². The monoisotopic (exact) mass is 558 g/mol. The van der Waals surface area contributed by atoms with Gasteiger partial charge in [-0.05, 0) is 69.5 Å². The number of piperidine rings is 1. The molecule has 2 atom stereocenters. The van der Waals surface area contributed by atoms with Gasteiger partial charge in [-0.3, -0.25) is 4.79 Å². The fourth-order valence-electron chi connectivity index (χ4n) is 3.99. The van der Waals surface area contributed by atoms with Crippen LogP contribution in [0.4, 0.5) is 22.4 Å². The minimum absolute atomic E-state index is 0.128. The number of carbonyl (C=O) groups excluding carboxylic acids is 2. The van der Waals surface area contributed by atoms with Crippen LogP contribution in [-0.2, 0) is 10.9 Å². The first-order valence-corrected chi connectivity index (χ1v) is 11.9. The van der Waals surface area contributed by atoms with Crippen molar-refractivity contribution in [2.45, 2.75) is 57.9 Å². The van der Waals surface area contributed by atoms with Crippen LogP contribution in [0.3, 0.4) is 0 Å². The molecule has 190 valence electrons. The third kappa shape index (κ3) is 6.96. The van der Waals surface area contributed by atoms with Crippen molar-refractivity contribution in [2.75, 3.05) is 13.1 Å². The Balaban J connectivity index is 1.88. The Hall–Kier alpha value is -2.62. The lowest BCUT2D eigenvalue weighted by atomic mass is 9.85. The normalized spacial score (nSPS) is 18.8. The summed E-state index contributed by atoms with van der Waals surface area (Å²) in [6.07, 6.45) is -4.77. The van der Waals surface area contributed by atoms with Gasteiger partial charge < -0.3 is 15.0 Å². The molecule has 3 rings (SSSR count). The minimum atomic E-state index is -4.61. The van der Waals surface area contributed by atoms with Crippen molar-refractivity contribution in [3.8, 4) is 0 Å². The average Bonchev–Trinajstić information content (AvgIpc) is 2.73. The second kappa shape index (κ2) is 10.2. The summed E-state index contributed by atoms with van der Waals surface area (Å²) in [5.74, 6) is -1.48. The van der Waals surface area contributed by atoms with Crippen LogP contribution in [-0.4, -0.2) is 41.6 Å². The molecule has 0 bridgehead atoms. The second-order valence-corrected chi connectivity index (χ2v) is 10.6. The van der Waals surface area contributed by atoms with Gasteiger partial charge in [0.15, 0.2) is 0 Å². The highest BCUT2D eigenvalue weighted by Gasteiger charge is 2.36. The number of nitrogens with one attached hydrogen (secondary N) is 1. The number of nitrogens with zero attached hydrogens (tertiary/aromatic N) is 1. The quantitative estimate of drug-likeness (QED) is 0.441. The molecule has 1 N–H and O–H groups in total. The van der Waals surface area contributed by atoms with Gasteiger partial charge in [-0.1, -0.05) is 28.1 Å². The van der Waals surface area contributed by atoms with E-state index in [4.69, 9.17) is 4.74 Å². The van der Waals surface area contributed by atoms with Crippen LogP contribution in [0.15, 0.2) is 40.9 Å². The van der Waals surface area contributed by atoms with Gasteiger partial charge >= 0.3 is 12.3 Å². The largest absolute Gasteiger partial charge is 0.444 e. The molecule has 0 aromatic heterocycles. The molecule has 0 radical (unpaired) electrons. The van der Waals surface area contributed by atoms with Crippen molar-refractivity contribution in [1.82, 2.24) is 10.2 Å². The molecule has 1 fully saturated rings. The highest BCUT2D eigenvalue weighted by Crippen LogP contribution is 2.33. The smallest absolute Gasteiger partial charge is 0.416 e. The number of ether oxygens (including phenoxy) is 1.